The van der Waals surface area contributed by atoms with Gasteiger partial charge in [-0.1, -0.05) is 166 Å². The Labute approximate surface area is 417 Å². The average molecular weight is 1070 g/mol. The summed E-state index contributed by atoms with van der Waals surface area (Å²) in [4.78, 5) is 9.48. The van der Waals surface area contributed by atoms with Crippen LogP contribution >= 0.6 is 0 Å². The summed E-state index contributed by atoms with van der Waals surface area (Å²) in [5.74, 6) is 2.06. The van der Waals surface area contributed by atoms with Gasteiger partial charge >= 0.3 is 0 Å². The van der Waals surface area contributed by atoms with Crippen molar-refractivity contribution in [3.63, 3.8) is 0 Å². The predicted octanol–water partition coefficient (Wildman–Crippen LogP) is 16.2. The number of ether oxygens (including phenoxy) is 1. The van der Waals surface area contributed by atoms with E-state index in [4.69, 9.17) is 9.72 Å². The molecule has 1 aliphatic rings. The molecule has 5 nitrogen and oxygen atoms in total. The zero-order valence-electron chi connectivity index (χ0n) is 40.8. The topological polar surface area (TPSA) is 33.5 Å². The van der Waals surface area contributed by atoms with Crippen LogP contribution < -0.4 is 14.5 Å². The van der Waals surface area contributed by atoms with Gasteiger partial charge in [-0.05, 0) is 92.1 Å². The quantitative estimate of drug-likeness (QED) is 0.135. The second kappa shape index (κ2) is 17.6. The van der Waals surface area contributed by atoms with E-state index in [0.717, 1.165) is 50.4 Å². The van der Waals surface area contributed by atoms with Crippen molar-refractivity contribution in [3.05, 3.63) is 222 Å². The molecule has 10 rings (SSSR count). The van der Waals surface area contributed by atoms with E-state index in [9.17, 15) is 0 Å². The average Bonchev–Trinajstić information content (AvgIpc) is 3.87. The third-order valence-electron chi connectivity index (χ3n) is 13.9. The van der Waals surface area contributed by atoms with Crippen molar-refractivity contribution in [1.29, 1.82) is 0 Å². The number of anilines is 4. The molecule has 7 aromatic carbocycles. The molecule has 3 heterocycles. The smallest absolute Gasteiger partial charge is 0.135 e. The molecule has 0 spiro atoms. The molecule has 68 heavy (non-hydrogen) atoms. The number of aromatic nitrogens is 2. The van der Waals surface area contributed by atoms with Crippen LogP contribution in [0.15, 0.2) is 170 Å². The maximum absolute atomic E-state index is 6.72. The van der Waals surface area contributed by atoms with Crippen LogP contribution in [0.1, 0.15) is 103 Å². The standard InChI is InChI=1S/C62H59N4O.Pt/c1-59(2,3)44-28-30-52-53-31-29-51(40-57(53)66(56(52)37-44)58-38-45(32-33-63-58)60(4,5)6)67-50-25-19-24-48(39-50)64-41-65(55-27-18-17-26-54(55)64)49-35-46(61(7,8)42-20-13-11-14-21-42)34-47(36-49)62(9,10)43-22-15-12-16-23-43;/h11-38,41H,1-10H3;/q-3;. The van der Waals surface area contributed by atoms with E-state index in [2.05, 4.69) is 248 Å². The molecular weight excluding hydrogens is 1010 g/mol. The minimum absolute atomic E-state index is 0. The summed E-state index contributed by atoms with van der Waals surface area (Å²) in [7, 11) is 0. The third-order valence-corrected chi connectivity index (χ3v) is 13.9. The van der Waals surface area contributed by atoms with Crippen LogP contribution in [0.4, 0.5) is 22.7 Å². The summed E-state index contributed by atoms with van der Waals surface area (Å²) in [6, 6.07) is 66.1. The van der Waals surface area contributed by atoms with Crippen molar-refractivity contribution >= 4 is 44.6 Å². The normalized spacial score (nSPS) is 13.2. The van der Waals surface area contributed by atoms with Crippen LogP contribution in [0.25, 0.3) is 27.6 Å². The molecular formula is C62H59N4OPt-3. The van der Waals surface area contributed by atoms with Gasteiger partial charge in [0.25, 0.3) is 0 Å². The molecule has 9 aromatic rings. The Hall–Kier alpha value is -6.42. The van der Waals surface area contributed by atoms with E-state index in [1.807, 2.05) is 24.4 Å². The van der Waals surface area contributed by atoms with Gasteiger partial charge in [-0.3, -0.25) is 0 Å². The van der Waals surface area contributed by atoms with E-state index < -0.39 is 0 Å². The largest absolute Gasteiger partial charge is 0.509 e. The first-order chi connectivity index (χ1) is 32.0. The van der Waals surface area contributed by atoms with Gasteiger partial charge in [-0.2, -0.15) is 12.1 Å². The number of fused-ring (bicyclic) bond motifs is 4. The van der Waals surface area contributed by atoms with E-state index in [1.54, 1.807) is 0 Å². The van der Waals surface area contributed by atoms with Crippen LogP contribution in [0, 0.1) is 18.8 Å². The summed E-state index contributed by atoms with van der Waals surface area (Å²) in [6.07, 6.45) is 1.92. The van der Waals surface area contributed by atoms with Gasteiger partial charge in [0.2, 0.25) is 0 Å². The molecule has 0 saturated carbocycles. The Kier molecular flexibility index (Phi) is 12.1. The Morgan fingerprint density at radius 3 is 1.65 bits per heavy atom. The summed E-state index contributed by atoms with van der Waals surface area (Å²) >= 11 is 0. The Morgan fingerprint density at radius 1 is 0.471 bits per heavy atom. The van der Waals surface area contributed by atoms with Crippen molar-refractivity contribution in [1.82, 2.24) is 9.55 Å². The molecule has 0 amide bonds. The molecule has 0 bridgehead atoms. The first kappa shape index (κ1) is 46.7. The molecule has 0 N–H and O–H groups in total. The molecule has 0 unspecified atom stereocenters. The van der Waals surface area contributed by atoms with Crippen LogP contribution in [0.3, 0.4) is 0 Å². The fourth-order valence-electron chi connectivity index (χ4n) is 9.47. The summed E-state index contributed by atoms with van der Waals surface area (Å²) in [5.41, 5.74) is 13.1. The second-order valence-corrected chi connectivity index (χ2v) is 21.2. The monoisotopic (exact) mass is 1070 g/mol. The molecule has 346 valence electrons. The Bertz CT molecular complexity index is 3210. The molecule has 6 heteroatoms. The van der Waals surface area contributed by atoms with Crippen LogP contribution in [-0.4, -0.2) is 9.55 Å². The van der Waals surface area contributed by atoms with Gasteiger partial charge in [0, 0.05) is 72.2 Å². The molecule has 0 saturated heterocycles. The van der Waals surface area contributed by atoms with Crippen molar-refractivity contribution in [2.75, 3.05) is 9.80 Å². The molecule has 2 aromatic heterocycles. The molecule has 0 radical (unpaired) electrons. The van der Waals surface area contributed by atoms with Crippen LogP contribution in [-0.2, 0) is 42.7 Å². The summed E-state index contributed by atoms with van der Waals surface area (Å²) in [6.45, 7) is 25.0. The number of hydrogen-bond donors (Lipinski definition) is 0. The maximum atomic E-state index is 6.72. The van der Waals surface area contributed by atoms with Gasteiger partial charge in [0.1, 0.15) is 5.82 Å². The SMILES string of the molecule is CC(C)(C)c1ccnc(-n2c3[c-]c(Oc4[c-]c(N5[CH-]N(c6cc(C(C)(C)c7ccccc7)cc(C(C)(C)c7ccccc7)c6)c6ccccc65)ccc4)ccc3c3ccc(C(C)(C)C)cc32)c1.[Pt]. The van der Waals surface area contributed by atoms with Gasteiger partial charge in [-0.25, -0.2) is 4.98 Å². The first-order valence-corrected chi connectivity index (χ1v) is 23.4. The molecule has 0 atom stereocenters. The zero-order valence-corrected chi connectivity index (χ0v) is 43.0. The van der Waals surface area contributed by atoms with Crippen molar-refractivity contribution in [2.45, 2.75) is 90.9 Å². The Balaban J connectivity index is 0.00000578. The van der Waals surface area contributed by atoms with Crippen molar-refractivity contribution in [2.24, 2.45) is 0 Å². The number of nitrogens with zero attached hydrogens (tertiary/aromatic N) is 4. The fraction of sp³-hybridized carbons (Fsp3) is 0.226. The van der Waals surface area contributed by atoms with E-state index in [0.29, 0.717) is 11.5 Å². The predicted molar refractivity (Wildman–Crippen MR) is 279 cm³/mol. The van der Waals surface area contributed by atoms with Gasteiger partial charge in [-0.15, -0.1) is 48.1 Å². The van der Waals surface area contributed by atoms with Crippen LogP contribution in [0.2, 0.25) is 0 Å². The van der Waals surface area contributed by atoms with Crippen molar-refractivity contribution < 1.29 is 25.8 Å². The molecule has 0 aliphatic carbocycles. The van der Waals surface area contributed by atoms with E-state index in [-0.39, 0.29) is 42.7 Å². The van der Waals surface area contributed by atoms with E-state index >= 15 is 0 Å². The van der Waals surface area contributed by atoms with E-state index in [1.165, 1.54) is 33.4 Å². The zero-order chi connectivity index (χ0) is 46.9. The minimum Gasteiger partial charge on any atom is -0.509 e. The number of rotatable bonds is 9. The number of pyridine rings is 1. The molecule has 1 aliphatic heterocycles. The fourth-order valence-corrected chi connectivity index (χ4v) is 9.47. The van der Waals surface area contributed by atoms with Gasteiger partial charge < -0.3 is 19.1 Å². The van der Waals surface area contributed by atoms with Gasteiger partial charge in [0.05, 0.1) is 0 Å². The number of hydrogen-bond acceptors (Lipinski definition) is 4. The second-order valence-electron chi connectivity index (χ2n) is 21.2. The number of para-hydroxylation sites is 2. The van der Waals surface area contributed by atoms with Crippen LogP contribution in [0.5, 0.6) is 11.5 Å². The van der Waals surface area contributed by atoms with Gasteiger partial charge in [0.15, 0.2) is 0 Å². The molecule has 0 fully saturated rings. The maximum Gasteiger partial charge on any atom is 0.135 e. The first-order valence-electron chi connectivity index (χ1n) is 23.4. The third kappa shape index (κ3) is 8.56. The Morgan fingerprint density at radius 2 is 1.03 bits per heavy atom. The minimum atomic E-state index is -0.256. The van der Waals surface area contributed by atoms with Crippen molar-refractivity contribution in [3.8, 4) is 17.3 Å². The summed E-state index contributed by atoms with van der Waals surface area (Å²) in [5, 5.41) is 2.25. The summed E-state index contributed by atoms with van der Waals surface area (Å²) < 4.78 is 8.97. The number of benzene rings is 7.